The van der Waals surface area contributed by atoms with Crippen molar-refractivity contribution in [2.75, 3.05) is 24.5 Å². The fraction of sp³-hybridized carbons (Fsp3) is 0.292. The first-order valence-corrected chi connectivity index (χ1v) is 10.8. The van der Waals surface area contributed by atoms with Crippen LogP contribution < -0.4 is 4.90 Å². The quantitative estimate of drug-likeness (QED) is 0.624. The van der Waals surface area contributed by atoms with E-state index < -0.39 is 0 Å². The maximum Gasteiger partial charge on any atom is 0.255 e. The summed E-state index contributed by atoms with van der Waals surface area (Å²) in [6, 6.07) is 17.4. The van der Waals surface area contributed by atoms with Gasteiger partial charge in [-0.1, -0.05) is 54.1 Å². The lowest BCUT2D eigenvalue weighted by Gasteiger charge is -2.32. The van der Waals surface area contributed by atoms with E-state index in [1.165, 1.54) is 12.8 Å². The van der Waals surface area contributed by atoms with Crippen molar-refractivity contribution < 1.29 is 4.79 Å². The van der Waals surface area contributed by atoms with Crippen molar-refractivity contribution in [3.8, 4) is 11.4 Å². The first-order chi connectivity index (χ1) is 14.7. The summed E-state index contributed by atoms with van der Waals surface area (Å²) in [5.74, 6) is 1.71. The second-order valence-corrected chi connectivity index (χ2v) is 8.22. The van der Waals surface area contributed by atoms with E-state index in [0.29, 0.717) is 30.1 Å². The van der Waals surface area contributed by atoms with Gasteiger partial charge in [-0.15, -0.1) is 0 Å². The number of nitrogens with zero attached hydrogens (tertiary/aromatic N) is 4. The fourth-order valence-electron chi connectivity index (χ4n) is 4.28. The van der Waals surface area contributed by atoms with Gasteiger partial charge in [0.15, 0.2) is 5.82 Å². The van der Waals surface area contributed by atoms with Gasteiger partial charge in [-0.05, 0) is 25.0 Å². The van der Waals surface area contributed by atoms with Crippen LogP contribution in [-0.2, 0) is 13.0 Å². The van der Waals surface area contributed by atoms with Crippen LogP contribution in [0.2, 0.25) is 5.02 Å². The SMILES string of the molecule is O=C(c1ccccc1Cl)N1CCc2nc(-c3ccccc3)nc(N3CCCC3)c2C1. The molecule has 1 fully saturated rings. The molecule has 2 aliphatic rings. The van der Waals surface area contributed by atoms with Crippen LogP contribution in [0.4, 0.5) is 5.82 Å². The maximum absolute atomic E-state index is 13.1. The number of benzene rings is 2. The zero-order valence-electron chi connectivity index (χ0n) is 16.7. The highest BCUT2D eigenvalue weighted by atomic mass is 35.5. The van der Waals surface area contributed by atoms with Gasteiger partial charge in [0, 0.05) is 37.2 Å². The number of fused-ring (bicyclic) bond motifs is 1. The van der Waals surface area contributed by atoms with E-state index in [-0.39, 0.29) is 5.91 Å². The Hall–Kier alpha value is -2.92. The van der Waals surface area contributed by atoms with Gasteiger partial charge in [0.1, 0.15) is 5.82 Å². The molecule has 1 saturated heterocycles. The van der Waals surface area contributed by atoms with Crippen molar-refractivity contribution >= 4 is 23.3 Å². The zero-order valence-corrected chi connectivity index (χ0v) is 17.5. The molecule has 0 atom stereocenters. The second-order valence-electron chi connectivity index (χ2n) is 7.81. The molecule has 2 aromatic carbocycles. The van der Waals surface area contributed by atoms with Crippen LogP contribution in [0.15, 0.2) is 54.6 Å². The average Bonchev–Trinajstić information content (AvgIpc) is 3.33. The Kier molecular flexibility index (Phi) is 5.13. The van der Waals surface area contributed by atoms with E-state index in [4.69, 9.17) is 21.6 Å². The molecule has 1 aromatic heterocycles. The van der Waals surface area contributed by atoms with Crippen LogP contribution in [0.5, 0.6) is 0 Å². The van der Waals surface area contributed by atoms with E-state index in [0.717, 1.165) is 41.6 Å². The van der Waals surface area contributed by atoms with Crippen molar-refractivity contribution in [3.05, 3.63) is 76.4 Å². The van der Waals surface area contributed by atoms with Crippen molar-refractivity contribution in [2.45, 2.75) is 25.8 Å². The Balaban J connectivity index is 1.53. The van der Waals surface area contributed by atoms with Crippen molar-refractivity contribution in [3.63, 3.8) is 0 Å². The Morgan fingerprint density at radius 3 is 2.40 bits per heavy atom. The fourth-order valence-corrected chi connectivity index (χ4v) is 4.50. The smallest absolute Gasteiger partial charge is 0.255 e. The number of aromatic nitrogens is 2. The largest absolute Gasteiger partial charge is 0.356 e. The van der Waals surface area contributed by atoms with E-state index in [9.17, 15) is 4.79 Å². The number of halogens is 1. The molecule has 5 nitrogen and oxygen atoms in total. The molecule has 0 spiro atoms. The molecule has 0 saturated carbocycles. The van der Waals surface area contributed by atoms with Crippen LogP contribution in [-0.4, -0.2) is 40.4 Å². The molecule has 0 radical (unpaired) electrons. The highest BCUT2D eigenvalue weighted by Gasteiger charge is 2.29. The van der Waals surface area contributed by atoms with Gasteiger partial charge in [0.2, 0.25) is 0 Å². The minimum absolute atomic E-state index is 0.0363. The van der Waals surface area contributed by atoms with Crippen molar-refractivity contribution in [1.29, 1.82) is 0 Å². The summed E-state index contributed by atoms with van der Waals surface area (Å²) < 4.78 is 0. The van der Waals surface area contributed by atoms with Crippen LogP contribution in [0, 0.1) is 0 Å². The lowest BCUT2D eigenvalue weighted by molar-refractivity contribution is 0.0734. The Bertz CT molecular complexity index is 1080. The van der Waals surface area contributed by atoms with Gasteiger partial charge in [-0.3, -0.25) is 4.79 Å². The molecule has 2 aliphatic heterocycles. The van der Waals surface area contributed by atoms with Crippen molar-refractivity contribution in [2.24, 2.45) is 0 Å². The predicted molar refractivity (Wildman–Crippen MR) is 119 cm³/mol. The molecule has 0 bridgehead atoms. The monoisotopic (exact) mass is 418 g/mol. The Labute approximate surface area is 181 Å². The number of carbonyl (C=O) groups is 1. The van der Waals surface area contributed by atoms with Gasteiger partial charge in [-0.2, -0.15) is 0 Å². The highest BCUT2D eigenvalue weighted by Crippen LogP contribution is 2.32. The standard InChI is InChI=1S/C24H23ClN4O/c25-20-11-5-4-10-18(20)24(30)29-15-12-21-19(16-29)23(28-13-6-7-14-28)27-22(26-21)17-8-2-1-3-9-17/h1-5,8-11H,6-7,12-16H2. The Morgan fingerprint density at radius 2 is 1.63 bits per heavy atom. The van der Waals surface area contributed by atoms with Crippen molar-refractivity contribution in [1.82, 2.24) is 14.9 Å². The third kappa shape index (κ3) is 3.54. The van der Waals surface area contributed by atoms with Gasteiger partial charge >= 0.3 is 0 Å². The number of hydrogen-bond acceptors (Lipinski definition) is 4. The summed E-state index contributed by atoms with van der Waals surface area (Å²) in [7, 11) is 0. The summed E-state index contributed by atoms with van der Waals surface area (Å²) in [6.07, 6.45) is 3.05. The first kappa shape index (κ1) is 19.1. The summed E-state index contributed by atoms with van der Waals surface area (Å²) in [4.78, 5) is 27.2. The van der Waals surface area contributed by atoms with E-state index >= 15 is 0 Å². The highest BCUT2D eigenvalue weighted by molar-refractivity contribution is 6.33. The van der Waals surface area contributed by atoms with Gasteiger partial charge in [-0.25, -0.2) is 9.97 Å². The minimum Gasteiger partial charge on any atom is -0.356 e. The van der Waals surface area contributed by atoms with E-state index in [1.807, 2.05) is 47.4 Å². The van der Waals surface area contributed by atoms with Crippen LogP contribution in [0.3, 0.4) is 0 Å². The number of carbonyl (C=O) groups excluding carboxylic acids is 1. The lowest BCUT2D eigenvalue weighted by Crippen LogP contribution is -2.38. The van der Waals surface area contributed by atoms with Crippen LogP contribution in [0.1, 0.15) is 34.5 Å². The molecule has 1 amide bonds. The first-order valence-electron chi connectivity index (χ1n) is 10.4. The van der Waals surface area contributed by atoms with Gasteiger partial charge < -0.3 is 9.80 Å². The minimum atomic E-state index is -0.0363. The molecule has 0 unspecified atom stereocenters. The number of anilines is 1. The number of hydrogen-bond donors (Lipinski definition) is 0. The van der Waals surface area contributed by atoms with Gasteiger partial charge in [0.25, 0.3) is 5.91 Å². The van der Waals surface area contributed by atoms with Crippen LogP contribution in [0.25, 0.3) is 11.4 Å². The van der Waals surface area contributed by atoms with E-state index in [1.54, 1.807) is 12.1 Å². The maximum atomic E-state index is 13.1. The third-order valence-electron chi connectivity index (χ3n) is 5.87. The van der Waals surface area contributed by atoms with E-state index in [2.05, 4.69) is 4.90 Å². The summed E-state index contributed by atoms with van der Waals surface area (Å²) in [6.45, 7) is 3.13. The molecular weight excluding hydrogens is 396 g/mol. The van der Waals surface area contributed by atoms with Gasteiger partial charge in [0.05, 0.1) is 22.8 Å². The lowest BCUT2D eigenvalue weighted by atomic mass is 10.0. The number of rotatable bonds is 3. The molecule has 5 rings (SSSR count). The molecular formula is C24H23ClN4O. The average molecular weight is 419 g/mol. The third-order valence-corrected chi connectivity index (χ3v) is 6.20. The molecule has 0 aliphatic carbocycles. The molecule has 0 N–H and O–H groups in total. The molecule has 30 heavy (non-hydrogen) atoms. The normalized spacial score (nSPS) is 15.9. The predicted octanol–water partition coefficient (Wildman–Crippen LogP) is 4.60. The Morgan fingerprint density at radius 1 is 0.900 bits per heavy atom. The zero-order chi connectivity index (χ0) is 20.5. The number of amides is 1. The topological polar surface area (TPSA) is 49.3 Å². The summed E-state index contributed by atoms with van der Waals surface area (Å²) in [5.41, 5.74) is 3.69. The molecule has 152 valence electrons. The summed E-state index contributed by atoms with van der Waals surface area (Å²) in [5, 5.41) is 0.490. The molecule has 3 heterocycles. The second kappa shape index (κ2) is 8.07. The molecule has 6 heteroatoms. The summed E-state index contributed by atoms with van der Waals surface area (Å²) >= 11 is 6.28. The van der Waals surface area contributed by atoms with Crippen LogP contribution >= 0.6 is 11.6 Å². The molecule has 3 aromatic rings.